The van der Waals surface area contributed by atoms with Crippen LogP contribution in [0.3, 0.4) is 0 Å². The third-order valence-electron chi connectivity index (χ3n) is 6.51. The van der Waals surface area contributed by atoms with Gasteiger partial charge in [-0.25, -0.2) is 9.97 Å². The topological polar surface area (TPSA) is 95.9 Å². The number of pyridine rings is 1. The Kier molecular flexibility index (Phi) is 5.58. The third-order valence-corrected chi connectivity index (χ3v) is 6.51. The number of benzene rings is 1. The summed E-state index contributed by atoms with van der Waals surface area (Å²) >= 11 is 0. The summed E-state index contributed by atoms with van der Waals surface area (Å²) in [6.45, 7) is 3.87. The Balaban J connectivity index is 1.26. The number of aromatic amines is 1. The van der Waals surface area contributed by atoms with Crippen LogP contribution < -0.4 is 15.8 Å². The smallest absolute Gasteiger partial charge is 0.294 e. The van der Waals surface area contributed by atoms with Gasteiger partial charge in [0.15, 0.2) is 11.5 Å². The highest BCUT2D eigenvalue weighted by atomic mass is 16.2. The minimum Gasteiger partial charge on any atom is -0.361 e. The molecule has 33 heavy (non-hydrogen) atoms. The van der Waals surface area contributed by atoms with Crippen LogP contribution in [-0.4, -0.2) is 45.1 Å². The quantitative estimate of drug-likeness (QED) is 0.493. The largest absolute Gasteiger partial charge is 0.361 e. The summed E-state index contributed by atoms with van der Waals surface area (Å²) < 4.78 is 1.53. The second-order valence-corrected chi connectivity index (χ2v) is 8.83. The first-order chi connectivity index (χ1) is 16.0. The van der Waals surface area contributed by atoms with Crippen molar-refractivity contribution in [3.63, 3.8) is 0 Å². The maximum atomic E-state index is 12.9. The molecule has 1 amide bonds. The van der Waals surface area contributed by atoms with Crippen molar-refractivity contribution in [1.82, 2.24) is 24.8 Å². The molecule has 2 N–H and O–H groups in total. The van der Waals surface area contributed by atoms with Crippen molar-refractivity contribution in [3.05, 3.63) is 64.2 Å². The van der Waals surface area contributed by atoms with Crippen molar-refractivity contribution < 1.29 is 4.79 Å². The van der Waals surface area contributed by atoms with E-state index in [2.05, 4.69) is 45.4 Å². The molecular weight excluding hydrogens is 416 g/mol. The Morgan fingerprint density at radius 1 is 1.30 bits per heavy atom. The lowest BCUT2D eigenvalue weighted by Crippen LogP contribution is -2.45. The lowest BCUT2D eigenvalue weighted by atomic mass is 9.97. The molecule has 170 valence electrons. The molecule has 1 fully saturated rings. The van der Waals surface area contributed by atoms with Crippen molar-refractivity contribution in [1.29, 1.82) is 0 Å². The minimum atomic E-state index is -0.183. The van der Waals surface area contributed by atoms with Gasteiger partial charge in [-0.15, -0.1) is 0 Å². The van der Waals surface area contributed by atoms with Crippen LogP contribution in [0.15, 0.2) is 47.5 Å². The molecule has 3 aromatic heterocycles. The fourth-order valence-electron chi connectivity index (χ4n) is 4.70. The van der Waals surface area contributed by atoms with Crippen molar-refractivity contribution in [2.24, 2.45) is 13.0 Å². The molecule has 1 aromatic carbocycles. The maximum Gasteiger partial charge on any atom is 0.294 e. The van der Waals surface area contributed by atoms with Gasteiger partial charge in [-0.3, -0.25) is 14.2 Å². The Morgan fingerprint density at radius 2 is 2.18 bits per heavy atom. The number of carbonyl (C=O) groups is 1. The lowest BCUT2D eigenvalue weighted by molar-refractivity contribution is -0.125. The first-order valence-corrected chi connectivity index (χ1v) is 11.4. The minimum absolute atomic E-state index is 0.0370. The number of piperidine rings is 1. The number of carbonyl (C=O) groups excluding carboxylic acids is 1. The van der Waals surface area contributed by atoms with Gasteiger partial charge in [0.25, 0.3) is 5.56 Å². The van der Waals surface area contributed by atoms with E-state index >= 15 is 0 Å². The second-order valence-electron chi connectivity index (χ2n) is 8.83. The molecule has 0 saturated carbocycles. The number of rotatable bonds is 5. The Hall–Kier alpha value is -3.68. The number of hydrogen-bond donors (Lipinski definition) is 2. The molecule has 4 heterocycles. The van der Waals surface area contributed by atoms with E-state index in [1.165, 1.54) is 21.1 Å². The van der Waals surface area contributed by atoms with Crippen LogP contribution in [0.1, 0.15) is 24.0 Å². The normalized spacial score (nSPS) is 16.4. The number of aromatic nitrogens is 4. The number of aryl methyl sites for hydroxylation is 2. The number of nitrogens with one attached hydrogen (secondary N) is 2. The molecule has 1 saturated heterocycles. The van der Waals surface area contributed by atoms with Gasteiger partial charge < -0.3 is 15.2 Å². The van der Waals surface area contributed by atoms with Gasteiger partial charge in [0.05, 0.1) is 5.92 Å². The zero-order valence-electron chi connectivity index (χ0n) is 19.0. The van der Waals surface area contributed by atoms with Gasteiger partial charge in [0.1, 0.15) is 5.52 Å². The molecule has 0 aliphatic carbocycles. The SMILES string of the molecule is Cc1ccc2[nH]cc(CCNC(=O)C3CCCN(c4nc5cccnc5n(C)c4=O)C3)c2c1. The molecule has 0 bridgehead atoms. The molecule has 0 spiro atoms. The average Bonchev–Trinajstić information content (AvgIpc) is 3.23. The predicted molar refractivity (Wildman–Crippen MR) is 129 cm³/mol. The number of hydrogen-bond acceptors (Lipinski definition) is 5. The Morgan fingerprint density at radius 3 is 3.06 bits per heavy atom. The van der Waals surface area contributed by atoms with E-state index in [0.717, 1.165) is 24.8 Å². The van der Waals surface area contributed by atoms with Gasteiger partial charge in [0.2, 0.25) is 5.91 Å². The van der Waals surface area contributed by atoms with Crippen molar-refractivity contribution >= 4 is 33.8 Å². The molecule has 5 rings (SSSR count). The molecule has 8 heteroatoms. The van der Waals surface area contributed by atoms with Crippen LogP contribution in [0.5, 0.6) is 0 Å². The summed E-state index contributed by atoms with van der Waals surface area (Å²) in [5, 5.41) is 4.31. The molecule has 1 aliphatic heterocycles. The summed E-state index contributed by atoms with van der Waals surface area (Å²) in [6.07, 6.45) is 6.10. The van der Waals surface area contributed by atoms with Crippen LogP contribution in [0.4, 0.5) is 5.82 Å². The Bertz CT molecular complexity index is 1390. The number of amides is 1. The van der Waals surface area contributed by atoms with Crippen LogP contribution >= 0.6 is 0 Å². The van der Waals surface area contributed by atoms with E-state index in [-0.39, 0.29) is 17.4 Å². The first-order valence-electron chi connectivity index (χ1n) is 11.4. The fourth-order valence-corrected chi connectivity index (χ4v) is 4.70. The van der Waals surface area contributed by atoms with Crippen molar-refractivity contribution in [3.8, 4) is 0 Å². The highest BCUT2D eigenvalue weighted by Gasteiger charge is 2.28. The fraction of sp³-hybridized carbons (Fsp3) is 0.360. The number of H-pyrrole nitrogens is 1. The third kappa shape index (κ3) is 4.08. The standard InChI is InChI=1S/C25H28N6O2/c1-16-7-8-20-19(13-16)17(14-28-20)9-11-27-24(32)18-5-4-12-31(15-18)23-25(33)30(2)22-21(29-23)6-3-10-26-22/h3,6-8,10,13-14,18,28H,4-5,9,11-12,15H2,1-2H3,(H,27,32). The monoisotopic (exact) mass is 444 g/mol. The summed E-state index contributed by atoms with van der Waals surface area (Å²) in [7, 11) is 1.71. The molecule has 1 unspecified atom stereocenters. The molecular formula is C25H28N6O2. The lowest BCUT2D eigenvalue weighted by Gasteiger charge is -2.32. The van der Waals surface area contributed by atoms with Crippen molar-refractivity contribution in [2.75, 3.05) is 24.5 Å². The van der Waals surface area contributed by atoms with E-state index in [4.69, 9.17) is 0 Å². The van der Waals surface area contributed by atoms with Gasteiger partial charge in [-0.2, -0.15) is 0 Å². The van der Waals surface area contributed by atoms with Gasteiger partial charge >= 0.3 is 0 Å². The molecule has 1 aliphatic rings. The summed E-state index contributed by atoms with van der Waals surface area (Å²) in [6, 6.07) is 10.0. The van der Waals surface area contributed by atoms with E-state index in [9.17, 15) is 9.59 Å². The second kappa shape index (κ2) is 8.69. The zero-order chi connectivity index (χ0) is 22.9. The van der Waals surface area contributed by atoms with Gasteiger partial charge in [0, 0.05) is 50.0 Å². The first kappa shape index (κ1) is 21.2. The summed E-state index contributed by atoms with van der Waals surface area (Å²) in [5.74, 6) is 0.264. The zero-order valence-corrected chi connectivity index (χ0v) is 19.0. The summed E-state index contributed by atoms with van der Waals surface area (Å²) in [5.41, 5.74) is 4.59. The van der Waals surface area contributed by atoms with Crippen LogP contribution in [-0.2, 0) is 18.3 Å². The molecule has 4 aromatic rings. The van der Waals surface area contributed by atoms with Crippen LogP contribution in [0, 0.1) is 12.8 Å². The van der Waals surface area contributed by atoms with Gasteiger partial charge in [-0.05, 0) is 56.0 Å². The van der Waals surface area contributed by atoms with Gasteiger partial charge in [-0.1, -0.05) is 11.6 Å². The predicted octanol–water partition coefficient (Wildman–Crippen LogP) is 2.69. The van der Waals surface area contributed by atoms with Crippen molar-refractivity contribution in [2.45, 2.75) is 26.2 Å². The number of fused-ring (bicyclic) bond motifs is 2. The maximum absolute atomic E-state index is 12.9. The number of anilines is 1. The summed E-state index contributed by atoms with van der Waals surface area (Å²) in [4.78, 5) is 39.9. The highest BCUT2D eigenvalue weighted by Crippen LogP contribution is 2.22. The van der Waals surface area contributed by atoms with E-state index < -0.39 is 0 Å². The van der Waals surface area contributed by atoms with Crippen LogP contribution in [0.25, 0.3) is 22.1 Å². The van der Waals surface area contributed by atoms with Crippen LogP contribution in [0.2, 0.25) is 0 Å². The Labute approximate surface area is 191 Å². The van der Waals surface area contributed by atoms with E-state index in [0.29, 0.717) is 36.6 Å². The molecule has 1 atom stereocenters. The number of nitrogens with zero attached hydrogens (tertiary/aromatic N) is 4. The molecule has 0 radical (unpaired) electrons. The van der Waals surface area contributed by atoms with E-state index in [1.807, 2.05) is 23.2 Å². The van der Waals surface area contributed by atoms with E-state index in [1.54, 1.807) is 13.2 Å². The highest BCUT2D eigenvalue weighted by molar-refractivity contribution is 5.84. The molecule has 8 nitrogen and oxygen atoms in total. The average molecular weight is 445 g/mol.